The number of hydrogen-bond acceptors (Lipinski definition) is 5. The molecule has 0 saturated carbocycles. The molecule has 3 rings (SSSR count). The number of pyridine rings is 1. The lowest BCUT2D eigenvalue weighted by Crippen LogP contribution is -2.11. The second-order valence-electron chi connectivity index (χ2n) is 5.34. The van der Waals surface area contributed by atoms with Crippen LogP contribution in [0.4, 0.5) is 11.5 Å². The highest BCUT2D eigenvalue weighted by Crippen LogP contribution is 2.33. The van der Waals surface area contributed by atoms with Crippen LogP contribution in [0.15, 0.2) is 36.5 Å². The van der Waals surface area contributed by atoms with Gasteiger partial charge in [0.2, 0.25) is 0 Å². The number of ether oxygens (including phenoxy) is 1. The molecule has 1 aliphatic rings. The number of nitro groups is 1. The zero-order valence-electron chi connectivity index (χ0n) is 12.3. The fourth-order valence-electron chi connectivity index (χ4n) is 2.67. The summed E-state index contributed by atoms with van der Waals surface area (Å²) in [6.45, 7) is 2.41. The van der Waals surface area contributed by atoms with Crippen molar-refractivity contribution in [1.82, 2.24) is 4.98 Å². The SMILES string of the molecule is Cc1cc(NC2CCCOc3ccccc32)ncc1[N+](=O)[O-]. The van der Waals surface area contributed by atoms with E-state index in [1.165, 1.54) is 6.20 Å². The van der Waals surface area contributed by atoms with Gasteiger partial charge in [-0.05, 0) is 31.9 Å². The molecule has 2 aromatic rings. The predicted octanol–water partition coefficient (Wildman–Crippen LogP) is 3.62. The van der Waals surface area contributed by atoms with E-state index < -0.39 is 4.92 Å². The van der Waals surface area contributed by atoms with Crippen LogP contribution < -0.4 is 10.1 Å². The van der Waals surface area contributed by atoms with E-state index in [9.17, 15) is 10.1 Å². The van der Waals surface area contributed by atoms with Crippen molar-refractivity contribution in [2.45, 2.75) is 25.8 Å². The summed E-state index contributed by atoms with van der Waals surface area (Å²) >= 11 is 0. The predicted molar refractivity (Wildman–Crippen MR) is 83.2 cm³/mol. The lowest BCUT2D eigenvalue weighted by atomic mass is 10.0. The number of benzene rings is 1. The molecule has 0 radical (unpaired) electrons. The molecule has 2 heterocycles. The molecule has 1 N–H and O–H groups in total. The number of aryl methyl sites for hydroxylation is 1. The zero-order chi connectivity index (χ0) is 15.5. The molecule has 0 bridgehead atoms. The summed E-state index contributed by atoms with van der Waals surface area (Å²) in [7, 11) is 0. The first-order valence-corrected chi connectivity index (χ1v) is 7.24. The molecule has 1 atom stereocenters. The molecule has 0 spiro atoms. The molecule has 0 aliphatic carbocycles. The molecule has 1 unspecified atom stereocenters. The Morgan fingerprint density at radius 2 is 2.23 bits per heavy atom. The maximum atomic E-state index is 10.9. The van der Waals surface area contributed by atoms with E-state index in [1.54, 1.807) is 13.0 Å². The van der Waals surface area contributed by atoms with Crippen molar-refractivity contribution < 1.29 is 9.66 Å². The van der Waals surface area contributed by atoms with Crippen LogP contribution in [0.3, 0.4) is 0 Å². The van der Waals surface area contributed by atoms with Gasteiger partial charge in [-0.2, -0.15) is 0 Å². The summed E-state index contributed by atoms with van der Waals surface area (Å²) in [5, 5.41) is 14.2. The summed E-state index contributed by atoms with van der Waals surface area (Å²) in [6.07, 6.45) is 3.17. The Bertz CT molecular complexity index is 703. The van der Waals surface area contributed by atoms with Crippen molar-refractivity contribution in [2.75, 3.05) is 11.9 Å². The van der Waals surface area contributed by atoms with Gasteiger partial charge in [0.15, 0.2) is 0 Å². The van der Waals surface area contributed by atoms with Crippen molar-refractivity contribution in [1.29, 1.82) is 0 Å². The summed E-state index contributed by atoms with van der Waals surface area (Å²) in [5.41, 5.74) is 1.73. The number of anilines is 1. The highest BCUT2D eigenvalue weighted by atomic mass is 16.6. The lowest BCUT2D eigenvalue weighted by molar-refractivity contribution is -0.385. The zero-order valence-corrected chi connectivity index (χ0v) is 12.3. The van der Waals surface area contributed by atoms with Crippen molar-refractivity contribution in [3.8, 4) is 5.75 Å². The molecule has 22 heavy (non-hydrogen) atoms. The third-order valence-corrected chi connectivity index (χ3v) is 3.79. The normalized spacial score (nSPS) is 17.0. The van der Waals surface area contributed by atoms with Gasteiger partial charge >= 0.3 is 0 Å². The third-order valence-electron chi connectivity index (χ3n) is 3.79. The maximum absolute atomic E-state index is 10.9. The van der Waals surface area contributed by atoms with Gasteiger partial charge in [-0.15, -0.1) is 0 Å². The smallest absolute Gasteiger partial charge is 0.290 e. The quantitative estimate of drug-likeness (QED) is 0.691. The molecule has 0 fully saturated rings. The molecule has 114 valence electrons. The number of hydrogen-bond donors (Lipinski definition) is 1. The molecule has 1 aromatic carbocycles. The van der Waals surface area contributed by atoms with E-state index in [0.717, 1.165) is 24.2 Å². The topological polar surface area (TPSA) is 77.3 Å². The number of nitrogens with zero attached hydrogens (tertiary/aromatic N) is 2. The second kappa shape index (κ2) is 6.01. The lowest BCUT2D eigenvalue weighted by Gasteiger charge is -2.19. The largest absolute Gasteiger partial charge is 0.493 e. The van der Waals surface area contributed by atoms with Crippen LogP contribution in [0.25, 0.3) is 0 Å². The average molecular weight is 299 g/mol. The Hall–Kier alpha value is -2.63. The number of rotatable bonds is 3. The monoisotopic (exact) mass is 299 g/mol. The average Bonchev–Trinajstić information content (AvgIpc) is 2.70. The van der Waals surface area contributed by atoms with E-state index in [2.05, 4.69) is 10.3 Å². The van der Waals surface area contributed by atoms with Crippen LogP contribution >= 0.6 is 0 Å². The van der Waals surface area contributed by atoms with Crippen LogP contribution in [0, 0.1) is 17.0 Å². The van der Waals surface area contributed by atoms with Crippen LogP contribution in [0.5, 0.6) is 5.75 Å². The molecule has 1 aliphatic heterocycles. The third kappa shape index (κ3) is 2.86. The van der Waals surface area contributed by atoms with Gasteiger partial charge in [0.05, 0.1) is 17.6 Å². The molecule has 0 saturated heterocycles. The van der Waals surface area contributed by atoms with Crippen molar-refractivity contribution >= 4 is 11.5 Å². The Morgan fingerprint density at radius 3 is 3.00 bits per heavy atom. The van der Waals surface area contributed by atoms with Gasteiger partial charge in [0, 0.05) is 11.1 Å². The van der Waals surface area contributed by atoms with E-state index in [0.29, 0.717) is 18.0 Å². The van der Waals surface area contributed by atoms with Gasteiger partial charge in [-0.1, -0.05) is 18.2 Å². The number of fused-ring (bicyclic) bond motifs is 1. The highest BCUT2D eigenvalue weighted by molar-refractivity contribution is 5.49. The van der Waals surface area contributed by atoms with Crippen molar-refractivity contribution in [2.24, 2.45) is 0 Å². The number of nitrogens with one attached hydrogen (secondary N) is 1. The van der Waals surface area contributed by atoms with Crippen LogP contribution in [0.1, 0.15) is 30.0 Å². The standard InChI is InChI=1S/C16H17N3O3/c1-11-9-16(17-10-14(11)19(20)21)18-13-6-4-8-22-15-7-3-2-5-12(13)15/h2-3,5,7,9-10,13H,4,6,8H2,1H3,(H,17,18). The van der Waals surface area contributed by atoms with E-state index in [1.807, 2.05) is 24.3 Å². The molecule has 0 amide bonds. The van der Waals surface area contributed by atoms with Crippen LogP contribution in [0.2, 0.25) is 0 Å². The van der Waals surface area contributed by atoms with Crippen molar-refractivity contribution in [3.63, 3.8) is 0 Å². The number of aromatic nitrogens is 1. The molecular formula is C16H17N3O3. The Morgan fingerprint density at radius 1 is 1.41 bits per heavy atom. The van der Waals surface area contributed by atoms with Crippen molar-refractivity contribution in [3.05, 3.63) is 57.8 Å². The molecule has 6 nitrogen and oxygen atoms in total. The van der Waals surface area contributed by atoms with Gasteiger partial charge in [0.25, 0.3) is 5.69 Å². The van der Waals surface area contributed by atoms with Gasteiger partial charge in [-0.25, -0.2) is 4.98 Å². The fourth-order valence-corrected chi connectivity index (χ4v) is 2.67. The molecular weight excluding hydrogens is 282 g/mol. The van der Waals surface area contributed by atoms with E-state index >= 15 is 0 Å². The van der Waals surface area contributed by atoms with Gasteiger partial charge < -0.3 is 10.1 Å². The van der Waals surface area contributed by atoms with E-state index in [-0.39, 0.29) is 11.7 Å². The first-order chi connectivity index (χ1) is 10.6. The molecule has 6 heteroatoms. The maximum Gasteiger partial charge on any atom is 0.290 e. The van der Waals surface area contributed by atoms with Gasteiger partial charge in [0.1, 0.15) is 17.8 Å². The Kier molecular flexibility index (Phi) is 3.91. The highest BCUT2D eigenvalue weighted by Gasteiger charge is 2.20. The minimum atomic E-state index is -0.416. The fraction of sp³-hybridized carbons (Fsp3) is 0.312. The van der Waals surface area contributed by atoms with Crippen LogP contribution in [-0.2, 0) is 0 Å². The first-order valence-electron chi connectivity index (χ1n) is 7.24. The summed E-state index contributed by atoms with van der Waals surface area (Å²) in [6, 6.07) is 9.74. The Labute approximate surface area is 128 Å². The summed E-state index contributed by atoms with van der Waals surface area (Å²) in [5.74, 6) is 1.53. The second-order valence-corrected chi connectivity index (χ2v) is 5.34. The Balaban J connectivity index is 1.87. The van der Waals surface area contributed by atoms with E-state index in [4.69, 9.17) is 4.74 Å². The first kappa shape index (κ1) is 14.3. The number of para-hydroxylation sites is 1. The summed E-state index contributed by atoms with van der Waals surface area (Å²) in [4.78, 5) is 14.6. The molecule has 1 aromatic heterocycles. The minimum absolute atomic E-state index is 0.0372. The minimum Gasteiger partial charge on any atom is -0.493 e. The summed E-state index contributed by atoms with van der Waals surface area (Å²) < 4.78 is 5.74. The van der Waals surface area contributed by atoms with Gasteiger partial charge in [-0.3, -0.25) is 10.1 Å². The van der Waals surface area contributed by atoms with Crippen LogP contribution in [-0.4, -0.2) is 16.5 Å².